The Hall–Kier alpha value is -4.13. The zero-order chi connectivity index (χ0) is 37.1. The summed E-state index contributed by atoms with van der Waals surface area (Å²) in [5.74, 6) is -0.659. The van der Waals surface area contributed by atoms with Crippen molar-refractivity contribution in [1.29, 1.82) is 0 Å². The van der Waals surface area contributed by atoms with Gasteiger partial charge >= 0.3 is 5.97 Å². The van der Waals surface area contributed by atoms with Gasteiger partial charge in [0.25, 0.3) is 0 Å². The molecule has 2 aliphatic heterocycles. The molecule has 2 saturated heterocycles. The third kappa shape index (κ3) is 11.4. The molecule has 2 amide bonds. The van der Waals surface area contributed by atoms with Crippen molar-refractivity contribution in [2.45, 2.75) is 115 Å². The summed E-state index contributed by atoms with van der Waals surface area (Å²) < 4.78 is 19.1. The average molecular weight is 716 g/mol. The summed E-state index contributed by atoms with van der Waals surface area (Å²) in [6.45, 7) is 7.41. The molecular formula is C41H53N3O8. The number of nitrogens with zero attached hydrogens (tertiary/aromatic N) is 1. The van der Waals surface area contributed by atoms with Crippen LogP contribution in [0.3, 0.4) is 0 Å². The highest BCUT2D eigenvalue weighted by molar-refractivity contribution is 5.77. The molecule has 0 spiro atoms. The molecule has 4 unspecified atom stereocenters. The number of benzene rings is 3. The first kappa shape index (κ1) is 39.1. The van der Waals surface area contributed by atoms with Gasteiger partial charge in [-0.3, -0.25) is 24.5 Å². The monoisotopic (exact) mass is 715 g/mol. The van der Waals surface area contributed by atoms with Crippen molar-refractivity contribution < 1.29 is 38.9 Å². The number of carbonyl (C=O) groups excluding carboxylic acids is 3. The molecule has 3 aromatic rings. The second-order valence-corrected chi connectivity index (χ2v) is 14.7. The Morgan fingerprint density at radius 3 is 2.29 bits per heavy atom. The zero-order valence-corrected chi connectivity index (χ0v) is 30.5. The van der Waals surface area contributed by atoms with E-state index in [9.17, 15) is 19.5 Å². The van der Waals surface area contributed by atoms with Crippen LogP contribution in [-0.4, -0.2) is 63.8 Å². The van der Waals surface area contributed by atoms with E-state index in [2.05, 4.69) is 22.3 Å². The fraction of sp³-hybridized carbons (Fsp3) is 0.488. The zero-order valence-electron chi connectivity index (χ0n) is 30.5. The van der Waals surface area contributed by atoms with E-state index in [1.807, 2.05) is 81.4 Å². The van der Waals surface area contributed by atoms with Crippen LogP contribution in [0.15, 0.2) is 72.8 Å². The fourth-order valence-corrected chi connectivity index (χ4v) is 6.79. The number of aliphatic hydroxyl groups is 1. The van der Waals surface area contributed by atoms with Crippen molar-refractivity contribution in [3.63, 3.8) is 0 Å². The minimum atomic E-state index is -0.649. The number of hydrogen-bond acceptors (Lipinski definition) is 9. The molecule has 2 fully saturated rings. The largest absolute Gasteiger partial charge is 0.459 e. The van der Waals surface area contributed by atoms with Gasteiger partial charge in [-0.05, 0) is 92.9 Å². The van der Waals surface area contributed by atoms with Crippen molar-refractivity contribution in [2.75, 3.05) is 13.1 Å². The molecule has 4 atom stereocenters. The van der Waals surface area contributed by atoms with Gasteiger partial charge in [0.1, 0.15) is 11.6 Å². The second-order valence-electron chi connectivity index (χ2n) is 14.7. The lowest BCUT2D eigenvalue weighted by molar-refractivity contribution is -0.253. The molecule has 11 nitrogen and oxygen atoms in total. The maximum Gasteiger partial charge on any atom is 0.323 e. The first-order valence-corrected chi connectivity index (χ1v) is 18.4. The van der Waals surface area contributed by atoms with Crippen LogP contribution in [0.1, 0.15) is 107 Å². The van der Waals surface area contributed by atoms with Crippen molar-refractivity contribution in [3.05, 3.63) is 95.1 Å². The number of rotatable bonds is 15. The highest BCUT2D eigenvalue weighted by Gasteiger charge is 2.39. The van der Waals surface area contributed by atoms with Crippen LogP contribution in [0.2, 0.25) is 0 Å². The van der Waals surface area contributed by atoms with Gasteiger partial charge in [0.15, 0.2) is 6.29 Å². The SMILES string of the molecule is CC(C)(C)OC(=O)C1CCCN1CC1CC(c2ccc(CO)cc2)OC(c2cccc(-c3cccc(CNC(=O)CCCCCC(=O)NO)c3)c2)O1. The number of unbranched alkanes of at least 4 members (excludes halogenated alkanes) is 2. The van der Waals surface area contributed by atoms with E-state index >= 15 is 0 Å². The summed E-state index contributed by atoms with van der Waals surface area (Å²) in [6.07, 6.45) is 3.79. The minimum absolute atomic E-state index is 0.0312. The van der Waals surface area contributed by atoms with E-state index in [4.69, 9.17) is 19.4 Å². The van der Waals surface area contributed by atoms with Gasteiger partial charge in [-0.1, -0.05) is 67.1 Å². The predicted octanol–water partition coefficient (Wildman–Crippen LogP) is 6.27. The van der Waals surface area contributed by atoms with Crippen molar-refractivity contribution in [3.8, 4) is 11.1 Å². The van der Waals surface area contributed by atoms with Crippen LogP contribution in [0, 0.1) is 0 Å². The van der Waals surface area contributed by atoms with Gasteiger partial charge < -0.3 is 24.6 Å². The molecule has 4 N–H and O–H groups in total. The highest BCUT2D eigenvalue weighted by Crippen LogP contribution is 2.39. The van der Waals surface area contributed by atoms with Gasteiger partial charge in [0.05, 0.1) is 18.8 Å². The number of aliphatic hydroxyl groups excluding tert-OH is 1. The number of ether oxygens (including phenoxy) is 3. The number of likely N-dealkylation sites (tertiary alicyclic amines) is 1. The molecule has 0 aliphatic carbocycles. The van der Waals surface area contributed by atoms with Gasteiger partial charge in [0.2, 0.25) is 11.8 Å². The fourth-order valence-electron chi connectivity index (χ4n) is 6.79. The van der Waals surface area contributed by atoms with Crippen LogP contribution in [-0.2, 0) is 41.7 Å². The molecule has 0 radical (unpaired) electrons. The number of hydrogen-bond donors (Lipinski definition) is 4. The van der Waals surface area contributed by atoms with Gasteiger partial charge in [-0.25, -0.2) is 5.48 Å². The molecule has 2 aliphatic rings. The first-order valence-electron chi connectivity index (χ1n) is 18.4. The number of carbonyl (C=O) groups is 3. The number of amides is 2. The molecule has 0 bridgehead atoms. The molecule has 5 rings (SSSR count). The minimum Gasteiger partial charge on any atom is -0.459 e. The molecule has 280 valence electrons. The number of nitrogens with one attached hydrogen (secondary N) is 2. The van der Waals surface area contributed by atoms with E-state index in [-0.39, 0.29) is 43.2 Å². The molecule has 0 aromatic heterocycles. The average Bonchev–Trinajstić information content (AvgIpc) is 3.61. The van der Waals surface area contributed by atoms with Crippen molar-refractivity contribution >= 4 is 17.8 Å². The summed E-state index contributed by atoms with van der Waals surface area (Å²) >= 11 is 0. The summed E-state index contributed by atoms with van der Waals surface area (Å²) in [6, 6.07) is 23.7. The second kappa shape index (κ2) is 18.6. The number of esters is 1. The van der Waals surface area contributed by atoms with Crippen LogP contribution in [0.4, 0.5) is 0 Å². The Morgan fingerprint density at radius 1 is 0.865 bits per heavy atom. The van der Waals surface area contributed by atoms with E-state index in [0.29, 0.717) is 38.8 Å². The third-order valence-corrected chi connectivity index (χ3v) is 9.44. The topological polar surface area (TPSA) is 147 Å². The van der Waals surface area contributed by atoms with E-state index < -0.39 is 17.8 Å². The molecular weight excluding hydrogens is 662 g/mol. The van der Waals surface area contributed by atoms with Crippen molar-refractivity contribution in [1.82, 2.24) is 15.7 Å². The summed E-state index contributed by atoms with van der Waals surface area (Å²) in [5.41, 5.74) is 6.73. The van der Waals surface area contributed by atoms with E-state index in [1.165, 1.54) is 0 Å². The Kier molecular flexibility index (Phi) is 14.0. The molecule has 0 saturated carbocycles. The van der Waals surface area contributed by atoms with Gasteiger partial charge in [0, 0.05) is 37.9 Å². The molecule has 52 heavy (non-hydrogen) atoms. The Morgan fingerprint density at radius 2 is 1.58 bits per heavy atom. The van der Waals surface area contributed by atoms with Gasteiger partial charge in [-0.2, -0.15) is 0 Å². The predicted molar refractivity (Wildman–Crippen MR) is 196 cm³/mol. The smallest absolute Gasteiger partial charge is 0.323 e. The summed E-state index contributed by atoms with van der Waals surface area (Å²) in [7, 11) is 0. The lowest BCUT2D eigenvalue weighted by Crippen LogP contribution is -2.45. The number of hydroxylamine groups is 1. The summed E-state index contributed by atoms with van der Waals surface area (Å²) in [5, 5.41) is 21.2. The summed E-state index contributed by atoms with van der Waals surface area (Å²) in [4.78, 5) is 38.9. The van der Waals surface area contributed by atoms with Crippen LogP contribution < -0.4 is 10.8 Å². The normalized spacial score (nSPS) is 20.7. The Balaban J connectivity index is 1.27. The van der Waals surface area contributed by atoms with Gasteiger partial charge in [-0.15, -0.1) is 0 Å². The third-order valence-electron chi connectivity index (χ3n) is 9.44. The lowest BCUT2D eigenvalue weighted by Gasteiger charge is -2.38. The van der Waals surface area contributed by atoms with Crippen LogP contribution in [0.5, 0.6) is 0 Å². The van der Waals surface area contributed by atoms with Crippen LogP contribution in [0.25, 0.3) is 11.1 Å². The van der Waals surface area contributed by atoms with Crippen LogP contribution >= 0.6 is 0 Å². The quantitative estimate of drug-likeness (QED) is 0.0619. The lowest BCUT2D eigenvalue weighted by atomic mass is 9.98. The Bertz CT molecular complexity index is 1640. The Labute approximate surface area is 306 Å². The molecule has 3 aromatic carbocycles. The maximum absolute atomic E-state index is 13.1. The van der Waals surface area contributed by atoms with Crippen molar-refractivity contribution in [2.24, 2.45) is 0 Å². The molecule has 11 heteroatoms. The maximum atomic E-state index is 13.1. The standard InChI is InChI=1S/C41H53N3O8/c1-41(2,3)52-39(48)35-14-9-21-44(35)26-34-24-36(30-19-17-28(27-45)18-20-30)51-40(50-34)33-13-8-12-32(23-33)31-11-7-10-29(22-31)25-42-37(46)15-5-4-6-16-38(47)43-49/h7-8,10-13,17-20,22-23,34-36,40,45,49H,4-6,9,14-16,21,24-27H2,1-3H3,(H,42,46)(H,43,47). The van der Waals surface area contributed by atoms with E-state index in [0.717, 1.165) is 59.2 Å². The highest BCUT2D eigenvalue weighted by atomic mass is 16.7. The molecule has 2 heterocycles. The first-order chi connectivity index (χ1) is 25.0. The van der Waals surface area contributed by atoms with E-state index in [1.54, 1.807) is 5.48 Å².